The third-order valence-corrected chi connectivity index (χ3v) is 5.02. The van der Waals surface area contributed by atoms with E-state index in [1.54, 1.807) is 24.4 Å². The van der Waals surface area contributed by atoms with Crippen LogP contribution < -0.4 is 4.74 Å². The fraction of sp³-hybridized carbons (Fsp3) is 0.348. The molecular weight excluding hydrogens is 492 g/mol. The van der Waals surface area contributed by atoms with Crippen molar-refractivity contribution >= 4 is 28.8 Å². The molecule has 3 rings (SSSR count). The molecule has 1 heterocycles. The van der Waals surface area contributed by atoms with Gasteiger partial charge in [0.2, 0.25) is 5.82 Å². The van der Waals surface area contributed by atoms with Crippen molar-refractivity contribution < 1.29 is 35.9 Å². The highest BCUT2D eigenvalue weighted by molar-refractivity contribution is 5.88. The summed E-state index contributed by atoms with van der Waals surface area (Å²) in [5.41, 5.74) is -0.311. The van der Waals surface area contributed by atoms with Gasteiger partial charge in [-0.05, 0) is 43.3 Å². The first-order chi connectivity index (χ1) is 16.9. The lowest BCUT2D eigenvalue weighted by Gasteiger charge is -2.14. The van der Waals surface area contributed by atoms with Gasteiger partial charge in [-0.15, -0.1) is 0 Å². The van der Waals surface area contributed by atoms with Gasteiger partial charge < -0.3 is 19.0 Å². The Bertz CT molecular complexity index is 1250. The molecule has 0 saturated heterocycles. The molecular formula is C23H23F6N5O2. The van der Waals surface area contributed by atoms with Crippen molar-refractivity contribution in [1.82, 2.24) is 14.5 Å². The van der Waals surface area contributed by atoms with E-state index < -0.39 is 36.9 Å². The van der Waals surface area contributed by atoms with Crippen molar-refractivity contribution in [2.24, 2.45) is 10.1 Å². The molecule has 194 valence electrons. The van der Waals surface area contributed by atoms with Crippen LogP contribution in [0.2, 0.25) is 0 Å². The average molecular weight is 515 g/mol. The maximum atomic E-state index is 13.8. The maximum absolute atomic E-state index is 13.8. The first kappa shape index (κ1) is 26.8. The molecule has 2 aromatic carbocycles. The summed E-state index contributed by atoms with van der Waals surface area (Å²) >= 11 is 0. The van der Waals surface area contributed by atoms with E-state index in [1.807, 2.05) is 6.92 Å². The van der Waals surface area contributed by atoms with E-state index in [0.717, 1.165) is 22.8 Å². The molecule has 0 fully saturated rings. The molecule has 0 bridgehead atoms. The number of benzene rings is 2. The molecule has 0 saturated carbocycles. The normalized spacial score (nSPS) is 13.0. The van der Waals surface area contributed by atoms with Gasteiger partial charge in [0.1, 0.15) is 25.2 Å². The largest absolute Gasteiger partial charge is 0.487 e. The zero-order valence-electron chi connectivity index (χ0n) is 19.6. The molecule has 0 atom stereocenters. The van der Waals surface area contributed by atoms with Crippen LogP contribution in [0.3, 0.4) is 0 Å². The van der Waals surface area contributed by atoms with Gasteiger partial charge in [0, 0.05) is 13.6 Å². The number of rotatable bonds is 9. The minimum Gasteiger partial charge on any atom is -0.487 e. The van der Waals surface area contributed by atoms with Crippen LogP contribution in [0.4, 0.5) is 32.0 Å². The summed E-state index contributed by atoms with van der Waals surface area (Å²) in [6.07, 6.45) is -7.81. The number of hydrogen-bond donors (Lipinski definition) is 0. The molecule has 0 aliphatic carbocycles. The number of nitrogens with zero attached hydrogens (tertiary/aromatic N) is 5. The molecule has 0 spiro atoms. The zero-order chi connectivity index (χ0) is 26.5. The van der Waals surface area contributed by atoms with E-state index in [1.165, 1.54) is 25.3 Å². The Morgan fingerprint density at radius 2 is 1.83 bits per heavy atom. The number of aliphatic imine (C=N–C) groups is 1. The highest BCUT2D eigenvalue weighted by Crippen LogP contribution is 2.33. The predicted molar refractivity (Wildman–Crippen MR) is 123 cm³/mol. The van der Waals surface area contributed by atoms with Crippen molar-refractivity contribution in [1.29, 1.82) is 0 Å². The van der Waals surface area contributed by atoms with Gasteiger partial charge in [-0.1, -0.05) is 11.2 Å². The maximum Gasteiger partial charge on any atom is 0.449 e. The van der Waals surface area contributed by atoms with E-state index in [0.29, 0.717) is 12.2 Å². The van der Waals surface area contributed by atoms with Crippen LogP contribution in [0.15, 0.2) is 52.6 Å². The Hall–Kier alpha value is -3.77. The number of ether oxygens (including phenoxy) is 1. The van der Waals surface area contributed by atoms with E-state index >= 15 is 0 Å². The smallest absolute Gasteiger partial charge is 0.449 e. The monoisotopic (exact) mass is 515 g/mol. The Kier molecular flexibility index (Phi) is 8.10. The molecule has 0 radical (unpaired) electrons. The summed E-state index contributed by atoms with van der Waals surface area (Å²) in [7, 11) is 2.99. The lowest BCUT2D eigenvalue weighted by Crippen LogP contribution is -2.23. The lowest BCUT2D eigenvalue weighted by molar-refractivity contribution is -0.146. The molecule has 0 aliphatic heterocycles. The number of imidazole rings is 1. The highest BCUT2D eigenvalue weighted by Gasteiger charge is 2.38. The summed E-state index contributed by atoms with van der Waals surface area (Å²) in [4.78, 5) is 14.5. The van der Waals surface area contributed by atoms with Gasteiger partial charge in [0.05, 0.1) is 35.2 Å². The third kappa shape index (κ3) is 6.67. The van der Waals surface area contributed by atoms with Gasteiger partial charge in [-0.25, -0.2) is 9.98 Å². The van der Waals surface area contributed by atoms with Crippen molar-refractivity contribution in [2.45, 2.75) is 25.8 Å². The predicted octanol–water partition coefficient (Wildman–Crippen LogP) is 5.77. The summed E-state index contributed by atoms with van der Waals surface area (Å²) in [5.74, 6) is -1.30. The number of alkyl halides is 6. The molecule has 0 N–H and O–H groups in total. The fourth-order valence-corrected chi connectivity index (χ4v) is 3.16. The molecule has 3 aromatic rings. The Morgan fingerprint density at radius 3 is 2.47 bits per heavy atom. The fourth-order valence-electron chi connectivity index (χ4n) is 3.16. The number of hydrogen-bond acceptors (Lipinski definition) is 5. The van der Waals surface area contributed by atoms with E-state index in [2.05, 4.69) is 15.1 Å². The summed E-state index contributed by atoms with van der Waals surface area (Å²) in [6, 6.07) is 8.54. The topological polar surface area (TPSA) is 64.2 Å². The van der Waals surface area contributed by atoms with Gasteiger partial charge in [0.25, 0.3) is 0 Å². The minimum atomic E-state index is -4.79. The molecule has 0 aliphatic rings. The first-order valence-electron chi connectivity index (χ1n) is 10.6. The lowest BCUT2D eigenvalue weighted by atomic mass is 10.2. The van der Waals surface area contributed by atoms with Crippen LogP contribution in [0, 0.1) is 0 Å². The Balaban J connectivity index is 1.94. The van der Waals surface area contributed by atoms with Crippen LogP contribution in [0.5, 0.6) is 5.75 Å². The number of fused-ring (bicyclic) bond motifs is 1. The SMILES string of the molecule is CCN(C)C=Nc1ccc2nc(C(F)(F)F)n(C/C(COc3cccc(C(F)(F)F)c3)=N/OC)c2c1. The molecule has 36 heavy (non-hydrogen) atoms. The molecule has 0 amide bonds. The Morgan fingerprint density at radius 1 is 1.08 bits per heavy atom. The summed E-state index contributed by atoms with van der Waals surface area (Å²) in [6.45, 7) is 1.73. The molecule has 1 aromatic heterocycles. The highest BCUT2D eigenvalue weighted by atomic mass is 19.4. The van der Waals surface area contributed by atoms with Crippen molar-refractivity contribution in [3.05, 3.63) is 53.9 Å². The van der Waals surface area contributed by atoms with Crippen LogP contribution in [-0.2, 0) is 23.7 Å². The second kappa shape index (κ2) is 10.9. The van der Waals surface area contributed by atoms with Gasteiger partial charge in [-0.2, -0.15) is 26.3 Å². The Labute approximate surface area is 202 Å². The van der Waals surface area contributed by atoms with Crippen LogP contribution >= 0.6 is 0 Å². The number of aromatic nitrogens is 2. The van der Waals surface area contributed by atoms with Crippen molar-refractivity contribution in [3.8, 4) is 5.75 Å². The van der Waals surface area contributed by atoms with E-state index in [9.17, 15) is 26.3 Å². The van der Waals surface area contributed by atoms with Crippen LogP contribution in [0.1, 0.15) is 18.3 Å². The quantitative estimate of drug-likeness (QED) is 0.157. The van der Waals surface area contributed by atoms with E-state index in [4.69, 9.17) is 9.57 Å². The average Bonchev–Trinajstić information content (AvgIpc) is 3.19. The van der Waals surface area contributed by atoms with Gasteiger partial charge in [0.15, 0.2) is 0 Å². The number of oxime groups is 1. The third-order valence-electron chi connectivity index (χ3n) is 5.02. The van der Waals surface area contributed by atoms with E-state index in [-0.39, 0.29) is 22.5 Å². The van der Waals surface area contributed by atoms with Gasteiger partial charge in [-0.3, -0.25) is 0 Å². The summed E-state index contributed by atoms with van der Waals surface area (Å²) in [5, 5.41) is 3.73. The van der Waals surface area contributed by atoms with Gasteiger partial charge >= 0.3 is 12.4 Å². The standard InChI is InChI=1S/C23H23F6N5O2/c1-4-33(2)14-30-16-8-9-19-20(11-16)34(21(31-19)23(27,28)29)12-17(32-35-3)13-36-18-7-5-6-15(10-18)22(24,25)26/h5-11,14H,4,12-13H2,1-3H3/b30-14?,32-17-. The summed E-state index contributed by atoms with van der Waals surface area (Å²) < 4.78 is 86.6. The molecule has 13 heteroatoms. The van der Waals surface area contributed by atoms with Crippen molar-refractivity contribution in [2.75, 3.05) is 27.3 Å². The second-order valence-electron chi connectivity index (χ2n) is 7.66. The zero-order valence-corrected chi connectivity index (χ0v) is 19.6. The van der Waals surface area contributed by atoms with Crippen LogP contribution in [0.25, 0.3) is 11.0 Å². The molecule has 7 nitrogen and oxygen atoms in total. The molecule has 0 unspecified atom stereocenters. The van der Waals surface area contributed by atoms with Crippen molar-refractivity contribution in [3.63, 3.8) is 0 Å². The number of halogens is 6. The minimum absolute atomic E-state index is 0.0145. The second-order valence-corrected chi connectivity index (χ2v) is 7.66. The first-order valence-corrected chi connectivity index (χ1v) is 10.6. The van der Waals surface area contributed by atoms with Crippen LogP contribution in [-0.4, -0.2) is 53.8 Å².